The first-order chi connectivity index (χ1) is 7.94. The van der Waals surface area contributed by atoms with Crippen LogP contribution in [-0.4, -0.2) is 13.2 Å². The first-order valence-electron chi connectivity index (χ1n) is 6.00. The molecule has 1 aromatic rings. The zero-order valence-electron chi connectivity index (χ0n) is 10.9. The number of halogens is 1. The largest absolute Gasteiger partial charge is 0.372 e. The maximum Gasteiger partial charge on any atom is 0.0961 e. The Morgan fingerprint density at radius 1 is 1.29 bits per heavy atom. The number of benzene rings is 1. The zero-order chi connectivity index (χ0) is 12.9. The molecule has 96 valence electrons. The number of nitrogens with two attached hydrogens (primary N) is 1. The van der Waals surface area contributed by atoms with E-state index in [0.29, 0.717) is 13.2 Å². The van der Waals surface area contributed by atoms with Gasteiger partial charge in [0.1, 0.15) is 0 Å². The Morgan fingerprint density at radius 3 is 2.47 bits per heavy atom. The fraction of sp³-hybridized carbons (Fsp3) is 0.571. The Hall–Kier alpha value is -0.570. The van der Waals surface area contributed by atoms with E-state index in [-0.39, 0.29) is 11.5 Å². The van der Waals surface area contributed by atoms with Crippen LogP contribution in [0.15, 0.2) is 24.3 Å². The molecule has 1 unspecified atom stereocenters. The quantitative estimate of drug-likeness (QED) is 0.869. The van der Waals surface area contributed by atoms with E-state index in [1.165, 1.54) is 0 Å². The van der Waals surface area contributed by atoms with Crippen LogP contribution in [0.1, 0.15) is 38.9 Å². The smallest absolute Gasteiger partial charge is 0.0961 e. The summed E-state index contributed by atoms with van der Waals surface area (Å²) in [6.45, 7) is 7.75. The van der Waals surface area contributed by atoms with Crippen LogP contribution in [0.25, 0.3) is 0 Å². The predicted molar refractivity (Wildman–Crippen MR) is 73.3 cm³/mol. The Bertz CT molecular complexity index is 346. The number of hydrogen-bond acceptors (Lipinski definition) is 2. The van der Waals surface area contributed by atoms with E-state index in [4.69, 9.17) is 22.1 Å². The van der Waals surface area contributed by atoms with Crippen LogP contribution < -0.4 is 5.73 Å². The molecule has 0 aromatic heterocycles. The van der Waals surface area contributed by atoms with Gasteiger partial charge in [0.2, 0.25) is 0 Å². The van der Waals surface area contributed by atoms with Gasteiger partial charge in [-0.05, 0) is 17.9 Å². The maximum atomic E-state index is 6.13. The van der Waals surface area contributed by atoms with E-state index < -0.39 is 0 Å². The minimum Gasteiger partial charge on any atom is -0.372 e. The second-order valence-corrected chi connectivity index (χ2v) is 5.83. The standard InChI is InChI=1S/C14H22ClNO/c1-14(2,3)8-9-17-13(10-16)11-6-4-5-7-12(11)15/h4-7,13H,8-10,16H2,1-3H3. The van der Waals surface area contributed by atoms with Crippen molar-refractivity contribution in [2.75, 3.05) is 13.2 Å². The highest BCUT2D eigenvalue weighted by atomic mass is 35.5. The van der Waals surface area contributed by atoms with E-state index in [1.54, 1.807) is 0 Å². The molecule has 2 N–H and O–H groups in total. The Balaban J connectivity index is 2.58. The molecular formula is C14H22ClNO. The molecule has 0 saturated carbocycles. The van der Waals surface area contributed by atoms with E-state index >= 15 is 0 Å². The van der Waals surface area contributed by atoms with Gasteiger partial charge in [-0.2, -0.15) is 0 Å². The van der Waals surface area contributed by atoms with Crippen LogP contribution in [0.2, 0.25) is 5.02 Å². The van der Waals surface area contributed by atoms with Gasteiger partial charge in [0, 0.05) is 23.7 Å². The van der Waals surface area contributed by atoms with Gasteiger partial charge in [0.05, 0.1) is 6.10 Å². The first kappa shape index (κ1) is 14.5. The van der Waals surface area contributed by atoms with Crippen molar-refractivity contribution in [2.45, 2.75) is 33.3 Å². The van der Waals surface area contributed by atoms with Crippen LogP contribution in [0.4, 0.5) is 0 Å². The lowest BCUT2D eigenvalue weighted by Gasteiger charge is -2.22. The average Bonchev–Trinajstić information content (AvgIpc) is 2.24. The molecule has 0 spiro atoms. The van der Waals surface area contributed by atoms with Crippen LogP contribution >= 0.6 is 11.6 Å². The van der Waals surface area contributed by atoms with Gasteiger partial charge in [-0.3, -0.25) is 0 Å². The van der Waals surface area contributed by atoms with Crippen LogP contribution in [0.3, 0.4) is 0 Å². The topological polar surface area (TPSA) is 35.2 Å². The zero-order valence-corrected chi connectivity index (χ0v) is 11.6. The molecule has 0 heterocycles. The van der Waals surface area contributed by atoms with Crippen LogP contribution in [-0.2, 0) is 4.74 Å². The first-order valence-corrected chi connectivity index (χ1v) is 6.38. The lowest BCUT2D eigenvalue weighted by Crippen LogP contribution is -2.19. The Morgan fingerprint density at radius 2 is 1.94 bits per heavy atom. The van der Waals surface area contributed by atoms with Gasteiger partial charge in [-0.1, -0.05) is 50.6 Å². The number of ether oxygens (including phenoxy) is 1. The molecule has 0 aliphatic carbocycles. The monoisotopic (exact) mass is 255 g/mol. The van der Waals surface area contributed by atoms with Gasteiger partial charge in [0.25, 0.3) is 0 Å². The summed E-state index contributed by atoms with van der Waals surface area (Å²) >= 11 is 6.13. The molecule has 0 aliphatic rings. The van der Waals surface area contributed by atoms with Crippen molar-refractivity contribution in [3.05, 3.63) is 34.9 Å². The van der Waals surface area contributed by atoms with Crippen LogP contribution in [0.5, 0.6) is 0 Å². The Kier molecular flexibility index (Phi) is 5.44. The summed E-state index contributed by atoms with van der Waals surface area (Å²) in [6, 6.07) is 7.70. The maximum absolute atomic E-state index is 6.13. The molecule has 0 fully saturated rings. The van der Waals surface area contributed by atoms with Gasteiger partial charge in [0.15, 0.2) is 0 Å². The predicted octanol–water partition coefficient (Wildman–Crippen LogP) is 3.79. The molecule has 1 rings (SSSR count). The van der Waals surface area contributed by atoms with Crippen molar-refractivity contribution in [1.29, 1.82) is 0 Å². The molecule has 0 amide bonds. The number of hydrogen-bond donors (Lipinski definition) is 1. The van der Waals surface area contributed by atoms with Crippen molar-refractivity contribution in [3.63, 3.8) is 0 Å². The molecule has 0 saturated heterocycles. The van der Waals surface area contributed by atoms with E-state index in [2.05, 4.69) is 20.8 Å². The van der Waals surface area contributed by atoms with Crippen molar-refractivity contribution in [2.24, 2.45) is 11.1 Å². The summed E-state index contributed by atoms with van der Waals surface area (Å²) in [5.74, 6) is 0. The highest BCUT2D eigenvalue weighted by Crippen LogP contribution is 2.26. The molecule has 3 heteroatoms. The fourth-order valence-corrected chi connectivity index (χ4v) is 1.79. The van der Waals surface area contributed by atoms with Crippen molar-refractivity contribution in [1.82, 2.24) is 0 Å². The van der Waals surface area contributed by atoms with Crippen molar-refractivity contribution in [3.8, 4) is 0 Å². The summed E-state index contributed by atoms with van der Waals surface area (Å²) < 4.78 is 5.82. The van der Waals surface area contributed by atoms with E-state index in [0.717, 1.165) is 17.0 Å². The SMILES string of the molecule is CC(C)(C)CCOC(CN)c1ccccc1Cl. The van der Waals surface area contributed by atoms with Crippen LogP contribution in [0, 0.1) is 5.41 Å². The number of rotatable bonds is 5. The summed E-state index contributed by atoms with van der Waals surface area (Å²) in [6.07, 6.45) is 0.902. The minimum atomic E-state index is -0.106. The van der Waals surface area contributed by atoms with Gasteiger partial charge in [-0.15, -0.1) is 0 Å². The summed E-state index contributed by atoms with van der Waals surface area (Å²) in [4.78, 5) is 0. The van der Waals surface area contributed by atoms with Crippen molar-refractivity contribution >= 4 is 11.6 Å². The minimum absolute atomic E-state index is 0.106. The molecule has 0 aliphatic heterocycles. The third-order valence-corrected chi connectivity index (χ3v) is 2.98. The molecule has 0 radical (unpaired) electrons. The summed E-state index contributed by atoms with van der Waals surface area (Å²) in [7, 11) is 0. The third kappa shape index (κ3) is 5.07. The highest BCUT2D eigenvalue weighted by Gasteiger charge is 2.15. The lowest BCUT2D eigenvalue weighted by molar-refractivity contribution is 0.0423. The normalized spacial score (nSPS) is 13.7. The van der Waals surface area contributed by atoms with E-state index in [1.807, 2.05) is 24.3 Å². The van der Waals surface area contributed by atoms with E-state index in [9.17, 15) is 0 Å². The summed E-state index contributed by atoms with van der Waals surface area (Å²) in [5.41, 5.74) is 6.99. The fourth-order valence-electron chi connectivity index (χ4n) is 1.53. The molecule has 0 bridgehead atoms. The molecular weight excluding hydrogens is 234 g/mol. The van der Waals surface area contributed by atoms with Crippen molar-refractivity contribution < 1.29 is 4.74 Å². The molecule has 1 aromatic carbocycles. The lowest BCUT2D eigenvalue weighted by atomic mass is 9.93. The van der Waals surface area contributed by atoms with Gasteiger partial charge in [-0.25, -0.2) is 0 Å². The summed E-state index contributed by atoms with van der Waals surface area (Å²) in [5, 5.41) is 0.721. The highest BCUT2D eigenvalue weighted by molar-refractivity contribution is 6.31. The molecule has 17 heavy (non-hydrogen) atoms. The van der Waals surface area contributed by atoms with Gasteiger partial charge >= 0.3 is 0 Å². The molecule has 2 nitrogen and oxygen atoms in total. The Labute approximate surface area is 109 Å². The second kappa shape index (κ2) is 6.39. The third-order valence-electron chi connectivity index (χ3n) is 2.64. The average molecular weight is 256 g/mol. The van der Waals surface area contributed by atoms with Gasteiger partial charge < -0.3 is 10.5 Å². The second-order valence-electron chi connectivity index (χ2n) is 5.43. The molecule has 1 atom stereocenters.